The largest absolute Gasteiger partial charge is 0.340 e. The number of aromatic nitrogens is 1. The second-order valence-electron chi connectivity index (χ2n) is 4.16. The normalized spacial score (nSPS) is 11.1. The number of nitrogens with zero attached hydrogens (tertiary/aromatic N) is 1. The van der Waals surface area contributed by atoms with E-state index in [1.54, 1.807) is 6.07 Å². The van der Waals surface area contributed by atoms with Gasteiger partial charge in [-0.2, -0.15) is 0 Å². The summed E-state index contributed by atoms with van der Waals surface area (Å²) in [7, 11) is 0. The molecule has 0 bridgehead atoms. The molecule has 0 unspecified atom stereocenters. The fourth-order valence-corrected chi connectivity index (χ4v) is 3.55. The molecule has 1 aromatic carbocycles. The first-order chi connectivity index (χ1) is 9.15. The van der Waals surface area contributed by atoms with Gasteiger partial charge in [-0.3, -0.25) is 4.79 Å². The van der Waals surface area contributed by atoms with Gasteiger partial charge in [0.2, 0.25) is 0 Å². The van der Waals surface area contributed by atoms with E-state index in [2.05, 4.69) is 0 Å². The molecule has 0 amide bonds. The standard InChI is InChI=1S/C14H9Cl2NOS/c15-13-7-10(14(16)19-13)12(18)8-17-6-5-9-3-1-2-4-11(9)17/h1-7H,8H2. The van der Waals surface area contributed by atoms with Crippen LogP contribution in [0.2, 0.25) is 8.67 Å². The highest BCUT2D eigenvalue weighted by Gasteiger charge is 2.15. The number of para-hydroxylation sites is 1. The highest BCUT2D eigenvalue weighted by Crippen LogP contribution is 2.31. The first-order valence-corrected chi connectivity index (χ1v) is 7.24. The number of Topliss-reactive ketones (excluding diaryl/α,β-unsaturated/α-hetero) is 1. The number of rotatable bonds is 3. The van der Waals surface area contributed by atoms with Gasteiger partial charge >= 0.3 is 0 Å². The smallest absolute Gasteiger partial charge is 0.184 e. The number of carbonyl (C=O) groups excluding carboxylic acids is 1. The molecule has 0 N–H and O–H groups in total. The van der Waals surface area contributed by atoms with E-state index in [9.17, 15) is 4.79 Å². The highest BCUT2D eigenvalue weighted by molar-refractivity contribution is 7.20. The lowest BCUT2D eigenvalue weighted by molar-refractivity contribution is 0.0974. The molecule has 2 aromatic heterocycles. The van der Waals surface area contributed by atoms with E-state index in [-0.39, 0.29) is 12.3 Å². The van der Waals surface area contributed by atoms with Crippen LogP contribution in [0.15, 0.2) is 42.6 Å². The zero-order valence-electron chi connectivity index (χ0n) is 9.77. The molecule has 19 heavy (non-hydrogen) atoms. The van der Waals surface area contributed by atoms with Crippen LogP contribution in [0.5, 0.6) is 0 Å². The summed E-state index contributed by atoms with van der Waals surface area (Å²) >= 11 is 13.1. The van der Waals surface area contributed by atoms with E-state index in [1.807, 2.05) is 41.1 Å². The van der Waals surface area contributed by atoms with Gasteiger partial charge in [-0.05, 0) is 23.6 Å². The third-order valence-electron chi connectivity index (χ3n) is 2.95. The highest BCUT2D eigenvalue weighted by atomic mass is 35.5. The number of halogens is 2. The molecule has 3 aromatic rings. The molecule has 3 rings (SSSR count). The van der Waals surface area contributed by atoms with Gasteiger partial charge in [0.25, 0.3) is 0 Å². The van der Waals surface area contributed by atoms with Gasteiger partial charge in [0.05, 0.1) is 16.4 Å². The van der Waals surface area contributed by atoms with Crippen molar-refractivity contribution in [2.75, 3.05) is 0 Å². The van der Waals surface area contributed by atoms with Crippen LogP contribution in [0.3, 0.4) is 0 Å². The van der Waals surface area contributed by atoms with E-state index in [0.29, 0.717) is 14.2 Å². The second kappa shape index (κ2) is 5.00. The Morgan fingerprint density at radius 1 is 1.21 bits per heavy atom. The summed E-state index contributed by atoms with van der Waals surface area (Å²) in [6, 6.07) is 11.6. The molecule has 0 saturated heterocycles. The predicted molar refractivity (Wildman–Crippen MR) is 80.6 cm³/mol. The van der Waals surface area contributed by atoms with E-state index in [0.717, 1.165) is 10.9 Å². The van der Waals surface area contributed by atoms with Gasteiger partial charge in [-0.1, -0.05) is 41.4 Å². The molecular weight excluding hydrogens is 301 g/mol. The van der Waals surface area contributed by atoms with Gasteiger partial charge in [-0.15, -0.1) is 11.3 Å². The SMILES string of the molecule is O=C(Cn1ccc2ccccc21)c1cc(Cl)sc1Cl. The molecule has 5 heteroatoms. The fraction of sp³-hybridized carbons (Fsp3) is 0.0714. The van der Waals surface area contributed by atoms with Crippen LogP contribution in [0.4, 0.5) is 0 Å². The van der Waals surface area contributed by atoms with Gasteiger partial charge in [0.1, 0.15) is 4.34 Å². The molecule has 0 saturated carbocycles. The minimum atomic E-state index is -0.0329. The number of carbonyl (C=O) groups is 1. The summed E-state index contributed by atoms with van der Waals surface area (Å²) < 4.78 is 2.90. The predicted octanol–water partition coefficient (Wildman–Crippen LogP) is 4.89. The van der Waals surface area contributed by atoms with Crippen LogP contribution in [-0.4, -0.2) is 10.4 Å². The van der Waals surface area contributed by atoms with Crippen LogP contribution in [0, 0.1) is 0 Å². The Morgan fingerprint density at radius 3 is 2.74 bits per heavy atom. The fourth-order valence-electron chi connectivity index (χ4n) is 2.05. The zero-order chi connectivity index (χ0) is 13.4. The lowest BCUT2D eigenvalue weighted by Gasteiger charge is -2.04. The van der Waals surface area contributed by atoms with Crippen molar-refractivity contribution in [3.8, 4) is 0 Å². The maximum Gasteiger partial charge on any atom is 0.184 e. The van der Waals surface area contributed by atoms with E-state index < -0.39 is 0 Å². The lowest BCUT2D eigenvalue weighted by Crippen LogP contribution is -2.08. The topological polar surface area (TPSA) is 22.0 Å². The molecule has 0 atom stereocenters. The Kier molecular flexibility index (Phi) is 3.35. The Morgan fingerprint density at radius 2 is 2.00 bits per heavy atom. The molecule has 0 aliphatic carbocycles. The molecule has 0 aliphatic rings. The number of hydrogen-bond acceptors (Lipinski definition) is 2. The first kappa shape index (κ1) is 12.7. The van der Waals surface area contributed by atoms with Gasteiger partial charge in [-0.25, -0.2) is 0 Å². The summed E-state index contributed by atoms with van der Waals surface area (Å²) in [5, 5.41) is 1.12. The Labute approximate surface area is 124 Å². The maximum absolute atomic E-state index is 12.2. The number of thiophene rings is 1. The van der Waals surface area contributed by atoms with Gasteiger partial charge in [0.15, 0.2) is 5.78 Å². The minimum absolute atomic E-state index is 0.0329. The maximum atomic E-state index is 12.2. The summed E-state index contributed by atoms with van der Waals surface area (Å²) in [4.78, 5) is 12.2. The van der Waals surface area contributed by atoms with Crippen molar-refractivity contribution >= 4 is 51.2 Å². The van der Waals surface area contributed by atoms with Gasteiger partial charge < -0.3 is 4.57 Å². The molecule has 0 radical (unpaired) electrons. The zero-order valence-corrected chi connectivity index (χ0v) is 12.1. The number of hydrogen-bond donors (Lipinski definition) is 0. The Hall–Kier alpha value is -1.29. The average Bonchev–Trinajstić information content (AvgIpc) is 2.94. The summed E-state index contributed by atoms with van der Waals surface area (Å²) in [6.07, 6.45) is 1.91. The molecule has 2 nitrogen and oxygen atoms in total. The third-order valence-corrected chi connectivity index (χ3v) is 4.44. The number of ketones is 1. The Bertz CT molecular complexity index is 760. The van der Waals surface area contributed by atoms with Crippen molar-refractivity contribution in [1.82, 2.24) is 4.57 Å². The molecule has 2 heterocycles. The molecular formula is C14H9Cl2NOS. The van der Waals surface area contributed by atoms with E-state index in [4.69, 9.17) is 23.2 Å². The van der Waals surface area contributed by atoms with E-state index in [1.165, 1.54) is 11.3 Å². The van der Waals surface area contributed by atoms with Crippen LogP contribution in [-0.2, 0) is 6.54 Å². The van der Waals surface area contributed by atoms with E-state index >= 15 is 0 Å². The van der Waals surface area contributed by atoms with Crippen molar-refractivity contribution in [1.29, 1.82) is 0 Å². The van der Waals surface area contributed by atoms with Crippen molar-refractivity contribution in [2.45, 2.75) is 6.54 Å². The quantitative estimate of drug-likeness (QED) is 0.631. The Balaban J connectivity index is 1.93. The van der Waals surface area contributed by atoms with Crippen LogP contribution < -0.4 is 0 Å². The minimum Gasteiger partial charge on any atom is -0.340 e. The molecule has 0 spiro atoms. The van der Waals surface area contributed by atoms with Crippen LogP contribution >= 0.6 is 34.5 Å². The molecule has 0 fully saturated rings. The van der Waals surface area contributed by atoms with Crippen LogP contribution in [0.1, 0.15) is 10.4 Å². The average molecular weight is 310 g/mol. The monoisotopic (exact) mass is 309 g/mol. The lowest BCUT2D eigenvalue weighted by atomic mass is 10.2. The van der Waals surface area contributed by atoms with Crippen molar-refractivity contribution < 1.29 is 4.79 Å². The molecule has 96 valence electrons. The summed E-state index contributed by atoms with van der Waals surface area (Å²) in [5.74, 6) is -0.0329. The summed E-state index contributed by atoms with van der Waals surface area (Å²) in [5.41, 5.74) is 1.53. The van der Waals surface area contributed by atoms with Crippen molar-refractivity contribution in [2.24, 2.45) is 0 Å². The van der Waals surface area contributed by atoms with Crippen molar-refractivity contribution in [3.63, 3.8) is 0 Å². The van der Waals surface area contributed by atoms with Gasteiger partial charge in [0, 0.05) is 11.7 Å². The number of benzene rings is 1. The number of fused-ring (bicyclic) bond motifs is 1. The van der Waals surface area contributed by atoms with Crippen LogP contribution in [0.25, 0.3) is 10.9 Å². The third kappa shape index (κ3) is 2.41. The van der Waals surface area contributed by atoms with Crippen molar-refractivity contribution in [3.05, 3.63) is 56.8 Å². The second-order valence-corrected chi connectivity index (χ2v) is 6.45. The summed E-state index contributed by atoms with van der Waals surface area (Å²) in [6.45, 7) is 0.264. The molecule has 0 aliphatic heterocycles. The first-order valence-electron chi connectivity index (χ1n) is 5.67.